The second-order valence-electron chi connectivity index (χ2n) is 8.26. The summed E-state index contributed by atoms with van der Waals surface area (Å²) < 4.78 is 6.23. The topological polar surface area (TPSA) is 56.3 Å². The molecule has 4 nitrogen and oxygen atoms in total. The van der Waals surface area contributed by atoms with Crippen LogP contribution >= 0.6 is 0 Å². The summed E-state index contributed by atoms with van der Waals surface area (Å²) in [5.41, 5.74) is 2.33. The molecule has 0 bridgehead atoms. The summed E-state index contributed by atoms with van der Waals surface area (Å²) in [5.74, 6) is 0.825. The van der Waals surface area contributed by atoms with E-state index in [4.69, 9.17) is 4.42 Å². The zero-order valence-electron chi connectivity index (χ0n) is 14.8. The summed E-state index contributed by atoms with van der Waals surface area (Å²) in [6.07, 6.45) is 0. The maximum absolute atomic E-state index is 10.8. The van der Waals surface area contributed by atoms with Crippen LogP contribution in [-0.4, -0.2) is 21.1 Å². The van der Waals surface area contributed by atoms with Gasteiger partial charge in [-0.25, -0.2) is 0 Å². The van der Waals surface area contributed by atoms with Gasteiger partial charge in [0.25, 0.3) is 5.69 Å². The fourth-order valence-electron chi connectivity index (χ4n) is 2.66. The molecule has 1 heterocycles. The van der Waals surface area contributed by atoms with Gasteiger partial charge in [-0.2, -0.15) is 0 Å². The highest BCUT2D eigenvalue weighted by Gasteiger charge is 2.28. The van der Waals surface area contributed by atoms with Gasteiger partial charge in [-0.1, -0.05) is 39.3 Å². The Morgan fingerprint density at radius 3 is 2.04 bits per heavy atom. The third-order valence-corrected chi connectivity index (χ3v) is 6.80. The molecule has 0 amide bonds. The zero-order valence-corrected chi connectivity index (χ0v) is 16.8. The molecule has 6 heteroatoms. The third-order valence-electron chi connectivity index (χ3n) is 3.57. The fraction of sp³-hybridized carbons (Fsp3) is 0.412. The number of nitrogens with zero attached hydrogens (tertiary/aromatic N) is 1. The van der Waals surface area contributed by atoms with E-state index in [-0.39, 0.29) is 10.6 Å². The average molecular weight is 348 g/mol. The largest absolute Gasteiger partial charge is 0.466 e. The number of nitro groups is 1. The van der Waals surface area contributed by atoms with Crippen LogP contribution in [0.25, 0.3) is 11.3 Å². The molecule has 0 aliphatic rings. The lowest BCUT2D eigenvalue weighted by atomic mass is 10.1. The van der Waals surface area contributed by atoms with E-state index in [0.29, 0.717) is 0 Å². The summed E-state index contributed by atoms with van der Waals surface area (Å²) in [5, 5.41) is 11.9. The molecule has 0 saturated heterocycles. The second-order valence-corrected chi connectivity index (χ2v) is 18.7. The predicted octanol–water partition coefficient (Wildman–Crippen LogP) is 4.82. The lowest BCUT2D eigenvalue weighted by Crippen LogP contribution is -2.40. The maximum Gasteiger partial charge on any atom is 0.269 e. The molecule has 0 saturated carbocycles. The SMILES string of the molecule is C[Si](C)(C)Cc1cc(-c2ccc([N+](=O)[O-])cc2)oc1[Si](C)(C)C. The highest BCUT2D eigenvalue weighted by Crippen LogP contribution is 2.26. The maximum atomic E-state index is 10.8. The molecule has 0 spiro atoms. The Morgan fingerprint density at radius 1 is 1.04 bits per heavy atom. The van der Waals surface area contributed by atoms with Gasteiger partial charge in [0.1, 0.15) is 13.8 Å². The van der Waals surface area contributed by atoms with Crippen LogP contribution < -0.4 is 5.38 Å². The number of hydrogen-bond acceptors (Lipinski definition) is 3. The Hall–Kier alpha value is -1.67. The summed E-state index contributed by atoms with van der Waals surface area (Å²) in [6.45, 7) is 14.0. The summed E-state index contributed by atoms with van der Waals surface area (Å²) in [7, 11) is -2.82. The van der Waals surface area contributed by atoms with Crippen LogP contribution in [0.1, 0.15) is 5.56 Å². The van der Waals surface area contributed by atoms with Gasteiger partial charge in [0.05, 0.1) is 10.3 Å². The Bertz CT molecular complexity index is 707. The van der Waals surface area contributed by atoms with E-state index in [0.717, 1.165) is 22.8 Å². The number of furan rings is 1. The Morgan fingerprint density at radius 2 is 1.61 bits per heavy atom. The van der Waals surface area contributed by atoms with E-state index < -0.39 is 16.1 Å². The van der Waals surface area contributed by atoms with E-state index in [1.807, 2.05) is 0 Å². The minimum atomic E-state index is -1.57. The summed E-state index contributed by atoms with van der Waals surface area (Å²) in [6, 6.07) is 9.84. The van der Waals surface area contributed by atoms with Crippen LogP contribution in [-0.2, 0) is 6.04 Å². The number of benzene rings is 1. The molecule has 124 valence electrons. The minimum Gasteiger partial charge on any atom is -0.466 e. The molecule has 1 aromatic heterocycles. The summed E-state index contributed by atoms with van der Waals surface area (Å²) in [4.78, 5) is 10.4. The van der Waals surface area contributed by atoms with Gasteiger partial charge in [0.15, 0.2) is 0 Å². The van der Waals surface area contributed by atoms with Crippen LogP contribution in [0.4, 0.5) is 5.69 Å². The first kappa shape index (κ1) is 17.7. The van der Waals surface area contributed by atoms with Crippen LogP contribution in [0.3, 0.4) is 0 Å². The van der Waals surface area contributed by atoms with Gasteiger partial charge in [-0.05, 0) is 29.8 Å². The van der Waals surface area contributed by atoms with Crippen molar-refractivity contribution in [1.82, 2.24) is 0 Å². The molecule has 0 radical (unpaired) electrons. The van der Waals surface area contributed by atoms with Crippen molar-refractivity contribution in [2.24, 2.45) is 0 Å². The van der Waals surface area contributed by atoms with Crippen LogP contribution in [0.15, 0.2) is 34.7 Å². The number of rotatable bonds is 5. The molecule has 0 aliphatic heterocycles. The Kier molecular flexibility index (Phi) is 4.68. The number of hydrogen-bond donors (Lipinski definition) is 0. The van der Waals surface area contributed by atoms with Crippen LogP contribution in [0.2, 0.25) is 39.3 Å². The van der Waals surface area contributed by atoms with Gasteiger partial charge >= 0.3 is 0 Å². The van der Waals surface area contributed by atoms with Gasteiger partial charge in [0.2, 0.25) is 0 Å². The number of nitro benzene ring substituents is 1. The molecule has 0 N–H and O–H groups in total. The van der Waals surface area contributed by atoms with Gasteiger partial charge in [-0.3, -0.25) is 10.1 Å². The quantitative estimate of drug-likeness (QED) is 0.442. The summed E-state index contributed by atoms with van der Waals surface area (Å²) >= 11 is 0. The Balaban J connectivity index is 2.45. The van der Waals surface area contributed by atoms with E-state index in [1.54, 1.807) is 12.1 Å². The van der Waals surface area contributed by atoms with Crippen molar-refractivity contribution in [1.29, 1.82) is 0 Å². The monoisotopic (exact) mass is 347 g/mol. The van der Waals surface area contributed by atoms with Crippen LogP contribution in [0, 0.1) is 10.1 Å². The Labute approximate surface area is 139 Å². The highest BCUT2D eigenvalue weighted by atomic mass is 28.3. The molecular formula is C17H25NO3Si2. The van der Waals surface area contributed by atoms with E-state index >= 15 is 0 Å². The second kappa shape index (κ2) is 6.09. The van der Waals surface area contributed by atoms with E-state index in [1.165, 1.54) is 17.7 Å². The van der Waals surface area contributed by atoms with Crippen molar-refractivity contribution in [3.63, 3.8) is 0 Å². The predicted molar refractivity (Wildman–Crippen MR) is 101 cm³/mol. The molecular weight excluding hydrogens is 322 g/mol. The average Bonchev–Trinajstić information content (AvgIpc) is 2.80. The number of non-ortho nitro benzene ring substituents is 1. The molecule has 0 fully saturated rings. The normalized spacial score (nSPS) is 12.4. The molecule has 2 aromatic rings. The molecule has 0 unspecified atom stereocenters. The van der Waals surface area contributed by atoms with Crippen molar-refractivity contribution in [3.05, 3.63) is 46.0 Å². The molecule has 0 atom stereocenters. The standard InChI is InChI=1S/C17H25NO3Si2/c1-22(2,3)12-14-11-16(21-17(14)23(4,5)6)13-7-9-15(10-8-13)18(19)20/h7-11H,12H2,1-6H3. The smallest absolute Gasteiger partial charge is 0.269 e. The highest BCUT2D eigenvalue weighted by molar-refractivity contribution is 6.88. The minimum absolute atomic E-state index is 0.105. The van der Waals surface area contributed by atoms with Gasteiger partial charge in [-0.15, -0.1) is 0 Å². The van der Waals surface area contributed by atoms with Crippen molar-refractivity contribution in [3.8, 4) is 11.3 Å². The molecule has 1 aromatic carbocycles. The zero-order chi connectivity index (χ0) is 17.4. The molecule has 23 heavy (non-hydrogen) atoms. The first-order valence-corrected chi connectivity index (χ1v) is 15.1. The van der Waals surface area contributed by atoms with E-state index in [9.17, 15) is 10.1 Å². The first-order valence-electron chi connectivity index (χ1n) is 7.85. The van der Waals surface area contributed by atoms with E-state index in [2.05, 4.69) is 45.3 Å². The van der Waals surface area contributed by atoms with Crippen molar-refractivity contribution >= 4 is 27.2 Å². The van der Waals surface area contributed by atoms with Gasteiger partial charge < -0.3 is 4.42 Å². The molecule has 0 aliphatic carbocycles. The van der Waals surface area contributed by atoms with Gasteiger partial charge in [0, 0.05) is 25.8 Å². The fourth-order valence-corrected chi connectivity index (χ4v) is 5.78. The van der Waals surface area contributed by atoms with Crippen LogP contribution in [0.5, 0.6) is 0 Å². The first-order chi connectivity index (χ1) is 10.5. The van der Waals surface area contributed by atoms with Crippen molar-refractivity contribution < 1.29 is 9.34 Å². The lowest BCUT2D eigenvalue weighted by Gasteiger charge is -2.19. The lowest BCUT2D eigenvalue weighted by molar-refractivity contribution is -0.384. The third kappa shape index (κ3) is 4.42. The van der Waals surface area contributed by atoms with Crippen molar-refractivity contribution in [2.45, 2.75) is 45.3 Å². The van der Waals surface area contributed by atoms with Crippen molar-refractivity contribution in [2.75, 3.05) is 0 Å². The molecule has 2 rings (SSSR count).